The maximum atomic E-state index is 10.8. The standard InChI is InChI=1S/C10H12O2S/c1-3-7-4-5-8(13-2)6-9(7)10(11)12/h4-6H,3H2,1-2H3,(H,11,12). The van der Waals surface area contributed by atoms with Crippen LogP contribution in [-0.4, -0.2) is 17.3 Å². The van der Waals surface area contributed by atoms with Gasteiger partial charge in [0.1, 0.15) is 0 Å². The number of aromatic carboxylic acids is 1. The van der Waals surface area contributed by atoms with E-state index in [-0.39, 0.29) is 0 Å². The Morgan fingerprint density at radius 2 is 2.23 bits per heavy atom. The van der Waals surface area contributed by atoms with Gasteiger partial charge in [0.2, 0.25) is 0 Å². The Hall–Kier alpha value is -0.960. The second-order valence-corrected chi connectivity index (χ2v) is 3.56. The van der Waals surface area contributed by atoms with E-state index in [1.165, 1.54) is 0 Å². The predicted octanol–water partition coefficient (Wildman–Crippen LogP) is 2.67. The number of aryl methyl sites for hydroxylation is 1. The molecule has 0 saturated heterocycles. The fraction of sp³-hybridized carbons (Fsp3) is 0.300. The first-order valence-corrected chi connectivity index (χ1v) is 5.31. The molecule has 0 amide bonds. The van der Waals surface area contributed by atoms with Gasteiger partial charge in [-0.15, -0.1) is 11.8 Å². The van der Waals surface area contributed by atoms with Gasteiger partial charge in [0.25, 0.3) is 0 Å². The molecule has 0 saturated carbocycles. The summed E-state index contributed by atoms with van der Waals surface area (Å²) in [5.74, 6) is -0.840. The fourth-order valence-electron chi connectivity index (χ4n) is 1.19. The molecule has 1 rings (SSSR count). The largest absolute Gasteiger partial charge is 0.478 e. The molecule has 0 bridgehead atoms. The summed E-state index contributed by atoms with van der Waals surface area (Å²) in [6.07, 6.45) is 2.70. The van der Waals surface area contributed by atoms with E-state index in [1.807, 2.05) is 25.3 Å². The van der Waals surface area contributed by atoms with Crippen LogP contribution in [0.25, 0.3) is 0 Å². The Morgan fingerprint density at radius 3 is 2.69 bits per heavy atom. The van der Waals surface area contributed by atoms with Crippen molar-refractivity contribution in [1.82, 2.24) is 0 Å². The highest BCUT2D eigenvalue weighted by atomic mass is 32.2. The molecule has 0 radical (unpaired) electrons. The van der Waals surface area contributed by atoms with Crippen molar-refractivity contribution in [2.24, 2.45) is 0 Å². The SMILES string of the molecule is CCc1ccc(SC)cc1C(=O)O. The minimum Gasteiger partial charge on any atom is -0.478 e. The van der Waals surface area contributed by atoms with E-state index in [0.717, 1.165) is 16.9 Å². The van der Waals surface area contributed by atoms with Crippen LogP contribution in [0, 0.1) is 0 Å². The van der Waals surface area contributed by atoms with Crippen LogP contribution < -0.4 is 0 Å². The van der Waals surface area contributed by atoms with Crippen molar-refractivity contribution in [3.63, 3.8) is 0 Å². The molecule has 1 aromatic rings. The molecule has 0 unspecified atom stereocenters. The Labute approximate surface area is 82.0 Å². The van der Waals surface area contributed by atoms with Crippen molar-refractivity contribution in [3.05, 3.63) is 29.3 Å². The van der Waals surface area contributed by atoms with Crippen molar-refractivity contribution in [2.45, 2.75) is 18.2 Å². The number of carboxylic acids is 1. The topological polar surface area (TPSA) is 37.3 Å². The summed E-state index contributed by atoms with van der Waals surface area (Å²) in [6, 6.07) is 5.57. The van der Waals surface area contributed by atoms with Gasteiger partial charge in [-0.2, -0.15) is 0 Å². The fourth-order valence-corrected chi connectivity index (χ4v) is 1.63. The number of hydrogen-bond donors (Lipinski definition) is 1. The predicted molar refractivity (Wildman–Crippen MR) is 54.6 cm³/mol. The van der Waals surface area contributed by atoms with Gasteiger partial charge < -0.3 is 5.11 Å². The Balaban J connectivity index is 3.18. The minimum absolute atomic E-state index is 0.425. The van der Waals surface area contributed by atoms with Crippen molar-refractivity contribution in [3.8, 4) is 0 Å². The summed E-state index contributed by atoms with van der Waals surface area (Å²) < 4.78 is 0. The molecule has 3 heteroatoms. The normalized spacial score (nSPS) is 10.0. The summed E-state index contributed by atoms with van der Waals surface area (Å²) >= 11 is 1.56. The van der Waals surface area contributed by atoms with Crippen molar-refractivity contribution < 1.29 is 9.90 Å². The highest BCUT2D eigenvalue weighted by Crippen LogP contribution is 2.19. The summed E-state index contributed by atoms with van der Waals surface area (Å²) in [4.78, 5) is 11.8. The molecular weight excluding hydrogens is 184 g/mol. The monoisotopic (exact) mass is 196 g/mol. The molecule has 0 fully saturated rings. The first-order chi connectivity index (χ1) is 6.19. The third kappa shape index (κ3) is 2.25. The van der Waals surface area contributed by atoms with E-state index in [9.17, 15) is 4.79 Å². The molecule has 0 aliphatic heterocycles. The maximum absolute atomic E-state index is 10.8. The second-order valence-electron chi connectivity index (χ2n) is 2.68. The van der Waals surface area contributed by atoms with E-state index in [2.05, 4.69) is 0 Å². The maximum Gasteiger partial charge on any atom is 0.336 e. The van der Waals surface area contributed by atoms with Gasteiger partial charge in [-0.25, -0.2) is 4.79 Å². The molecule has 13 heavy (non-hydrogen) atoms. The van der Waals surface area contributed by atoms with Crippen molar-refractivity contribution in [1.29, 1.82) is 0 Å². The molecule has 70 valence electrons. The van der Waals surface area contributed by atoms with Crippen LogP contribution in [0.5, 0.6) is 0 Å². The summed E-state index contributed by atoms with van der Waals surface area (Å²) in [7, 11) is 0. The van der Waals surface area contributed by atoms with Gasteiger partial charge in [0.05, 0.1) is 5.56 Å². The zero-order valence-corrected chi connectivity index (χ0v) is 8.52. The molecule has 0 heterocycles. The van der Waals surface area contributed by atoms with Gasteiger partial charge in [0, 0.05) is 4.90 Å². The van der Waals surface area contributed by atoms with Crippen LogP contribution in [0.2, 0.25) is 0 Å². The quantitative estimate of drug-likeness (QED) is 0.755. The molecule has 0 aliphatic carbocycles. The number of rotatable bonds is 3. The second kappa shape index (κ2) is 4.33. The Bertz CT molecular complexity index is 321. The van der Waals surface area contributed by atoms with Crippen LogP contribution >= 0.6 is 11.8 Å². The summed E-state index contributed by atoms with van der Waals surface area (Å²) in [5.41, 5.74) is 1.32. The highest BCUT2D eigenvalue weighted by Gasteiger charge is 2.08. The van der Waals surface area contributed by atoms with Crippen LogP contribution in [-0.2, 0) is 6.42 Å². The lowest BCUT2D eigenvalue weighted by Gasteiger charge is -2.04. The summed E-state index contributed by atoms with van der Waals surface area (Å²) in [6.45, 7) is 1.96. The lowest BCUT2D eigenvalue weighted by molar-refractivity contribution is 0.0695. The zero-order chi connectivity index (χ0) is 9.84. The first kappa shape index (κ1) is 10.1. The van der Waals surface area contributed by atoms with E-state index >= 15 is 0 Å². The molecule has 0 atom stereocenters. The van der Waals surface area contributed by atoms with Crippen LogP contribution in [0.4, 0.5) is 0 Å². The molecule has 2 nitrogen and oxygen atoms in total. The number of carboxylic acid groups (broad SMARTS) is 1. The number of benzene rings is 1. The smallest absolute Gasteiger partial charge is 0.336 e. The van der Waals surface area contributed by atoms with E-state index < -0.39 is 5.97 Å². The van der Waals surface area contributed by atoms with Crippen molar-refractivity contribution in [2.75, 3.05) is 6.26 Å². The van der Waals surface area contributed by atoms with Gasteiger partial charge in [0.15, 0.2) is 0 Å². The number of thioether (sulfide) groups is 1. The number of carbonyl (C=O) groups is 1. The van der Waals surface area contributed by atoms with Crippen LogP contribution in [0.1, 0.15) is 22.8 Å². The minimum atomic E-state index is -0.840. The average molecular weight is 196 g/mol. The Kier molecular flexibility index (Phi) is 3.37. The third-order valence-electron chi connectivity index (χ3n) is 1.93. The van der Waals surface area contributed by atoms with Gasteiger partial charge in [-0.05, 0) is 30.4 Å². The Morgan fingerprint density at radius 1 is 1.54 bits per heavy atom. The lowest BCUT2D eigenvalue weighted by Crippen LogP contribution is -2.01. The zero-order valence-electron chi connectivity index (χ0n) is 7.70. The lowest BCUT2D eigenvalue weighted by atomic mass is 10.1. The first-order valence-electron chi connectivity index (χ1n) is 4.09. The van der Waals surface area contributed by atoms with Gasteiger partial charge in [-0.1, -0.05) is 13.0 Å². The molecule has 0 spiro atoms. The number of hydrogen-bond acceptors (Lipinski definition) is 2. The molecular formula is C10H12O2S. The van der Waals surface area contributed by atoms with E-state index in [4.69, 9.17) is 5.11 Å². The summed E-state index contributed by atoms with van der Waals surface area (Å²) in [5, 5.41) is 8.91. The van der Waals surface area contributed by atoms with E-state index in [0.29, 0.717) is 5.56 Å². The van der Waals surface area contributed by atoms with E-state index in [1.54, 1.807) is 17.8 Å². The van der Waals surface area contributed by atoms with Gasteiger partial charge >= 0.3 is 5.97 Å². The average Bonchev–Trinajstić information content (AvgIpc) is 2.16. The molecule has 1 aromatic carbocycles. The van der Waals surface area contributed by atoms with Crippen LogP contribution in [0.3, 0.4) is 0 Å². The third-order valence-corrected chi connectivity index (χ3v) is 2.65. The highest BCUT2D eigenvalue weighted by molar-refractivity contribution is 7.98. The molecule has 0 aromatic heterocycles. The van der Waals surface area contributed by atoms with Crippen molar-refractivity contribution >= 4 is 17.7 Å². The van der Waals surface area contributed by atoms with Gasteiger partial charge in [-0.3, -0.25) is 0 Å². The molecule has 1 N–H and O–H groups in total. The van der Waals surface area contributed by atoms with Crippen LogP contribution in [0.15, 0.2) is 23.1 Å². The molecule has 0 aliphatic rings.